The minimum absolute atomic E-state index is 0.183. The normalized spacial score (nSPS) is 15.7. The Morgan fingerprint density at radius 2 is 2.11 bits per heavy atom. The quantitative estimate of drug-likeness (QED) is 0.589. The molecule has 0 atom stereocenters. The van der Waals surface area contributed by atoms with E-state index in [2.05, 4.69) is 27.6 Å². The lowest BCUT2D eigenvalue weighted by Crippen LogP contribution is -2.48. The fourth-order valence-corrected chi connectivity index (χ4v) is 3.61. The first kappa shape index (κ1) is 20.2. The molecule has 1 saturated heterocycles. The predicted octanol–water partition coefficient (Wildman–Crippen LogP) is 3.20. The maximum Gasteiger partial charge on any atom is 0.191 e. The van der Waals surface area contributed by atoms with Crippen molar-refractivity contribution in [3.05, 3.63) is 47.1 Å². The van der Waals surface area contributed by atoms with Crippen LogP contribution in [0.15, 0.2) is 33.8 Å². The van der Waals surface area contributed by atoms with Crippen LogP contribution in [0.25, 0.3) is 0 Å². The molecule has 0 spiro atoms. The molecule has 28 heavy (non-hydrogen) atoms. The van der Waals surface area contributed by atoms with Crippen LogP contribution in [0.1, 0.15) is 36.8 Å². The summed E-state index contributed by atoms with van der Waals surface area (Å²) in [5.74, 6) is 1.53. The molecule has 2 N–H and O–H groups in total. The summed E-state index contributed by atoms with van der Waals surface area (Å²) in [6.07, 6.45) is 2.80. The van der Waals surface area contributed by atoms with Crippen LogP contribution < -0.4 is 15.5 Å². The molecule has 0 unspecified atom stereocenters. The Morgan fingerprint density at radius 1 is 1.32 bits per heavy atom. The summed E-state index contributed by atoms with van der Waals surface area (Å²) < 4.78 is 18.7. The molecule has 152 valence electrons. The molecule has 1 fully saturated rings. The number of anilines is 1. The zero-order valence-electron chi connectivity index (χ0n) is 17.0. The number of halogens is 1. The molecule has 1 aliphatic heterocycles. The van der Waals surface area contributed by atoms with E-state index in [0.29, 0.717) is 12.6 Å². The van der Waals surface area contributed by atoms with Gasteiger partial charge in [0.2, 0.25) is 0 Å². The number of nitrogens with zero attached hydrogens (tertiary/aromatic N) is 3. The lowest BCUT2D eigenvalue weighted by atomic mass is 10.0. The molecular weight excluding hydrogens is 357 g/mol. The van der Waals surface area contributed by atoms with Gasteiger partial charge in [0.25, 0.3) is 0 Å². The molecule has 2 aromatic rings. The van der Waals surface area contributed by atoms with Gasteiger partial charge in [0.15, 0.2) is 5.96 Å². The van der Waals surface area contributed by atoms with E-state index in [0.717, 1.165) is 67.6 Å². The van der Waals surface area contributed by atoms with Crippen molar-refractivity contribution in [2.45, 2.75) is 46.1 Å². The Kier molecular flexibility index (Phi) is 6.90. The van der Waals surface area contributed by atoms with Crippen LogP contribution in [0, 0.1) is 19.7 Å². The number of hydrogen-bond acceptors (Lipinski definition) is 4. The third kappa shape index (κ3) is 5.24. The average Bonchev–Trinajstić information content (AvgIpc) is 3.01. The average molecular weight is 388 g/mol. The van der Waals surface area contributed by atoms with Gasteiger partial charge in [-0.05, 0) is 58.2 Å². The molecule has 1 aliphatic rings. The molecule has 0 saturated carbocycles. The Labute approximate surface area is 166 Å². The first-order chi connectivity index (χ1) is 13.6. The van der Waals surface area contributed by atoms with E-state index in [-0.39, 0.29) is 5.82 Å². The largest absolute Gasteiger partial charge is 0.371 e. The van der Waals surface area contributed by atoms with Gasteiger partial charge in [-0.1, -0.05) is 11.2 Å². The number of guanidine groups is 1. The van der Waals surface area contributed by atoms with Crippen LogP contribution in [0.3, 0.4) is 0 Å². The molecule has 7 heteroatoms. The fourth-order valence-electron chi connectivity index (χ4n) is 3.61. The Morgan fingerprint density at radius 3 is 2.75 bits per heavy atom. The van der Waals surface area contributed by atoms with E-state index in [1.807, 2.05) is 19.9 Å². The third-order valence-electron chi connectivity index (χ3n) is 5.17. The molecule has 0 bridgehead atoms. The highest BCUT2D eigenvalue weighted by Gasteiger charge is 2.20. The molecule has 2 heterocycles. The van der Waals surface area contributed by atoms with E-state index in [9.17, 15) is 4.39 Å². The monoisotopic (exact) mass is 387 g/mol. The summed E-state index contributed by atoms with van der Waals surface area (Å²) in [4.78, 5) is 6.95. The van der Waals surface area contributed by atoms with Gasteiger partial charge < -0.3 is 20.1 Å². The SMILES string of the molecule is CCNC(=NCCc1c(C)noc1C)NC1CCN(c2cccc(F)c2)CC1. The van der Waals surface area contributed by atoms with Crippen molar-refractivity contribution < 1.29 is 8.91 Å². The van der Waals surface area contributed by atoms with Crippen molar-refractivity contribution >= 4 is 11.6 Å². The molecule has 0 aliphatic carbocycles. The van der Waals surface area contributed by atoms with Crippen LogP contribution in [0.4, 0.5) is 10.1 Å². The maximum atomic E-state index is 13.5. The van der Waals surface area contributed by atoms with Gasteiger partial charge in [-0.15, -0.1) is 0 Å². The predicted molar refractivity (Wildman–Crippen MR) is 110 cm³/mol. The summed E-state index contributed by atoms with van der Waals surface area (Å²) in [6, 6.07) is 7.19. The van der Waals surface area contributed by atoms with Gasteiger partial charge in [0, 0.05) is 43.5 Å². The zero-order chi connectivity index (χ0) is 19.9. The van der Waals surface area contributed by atoms with Crippen LogP contribution in [0.5, 0.6) is 0 Å². The maximum absolute atomic E-state index is 13.5. The van der Waals surface area contributed by atoms with Crippen molar-refractivity contribution in [2.24, 2.45) is 4.99 Å². The number of nitrogens with one attached hydrogen (secondary N) is 2. The van der Waals surface area contributed by atoms with Crippen molar-refractivity contribution in [2.75, 3.05) is 31.1 Å². The van der Waals surface area contributed by atoms with Gasteiger partial charge in [-0.25, -0.2) is 4.39 Å². The van der Waals surface area contributed by atoms with Crippen molar-refractivity contribution in [3.63, 3.8) is 0 Å². The second kappa shape index (κ2) is 9.57. The number of rotatable bonds is 6. The van der Waals surface area contributed by atoms with E-state index < -0.39 is 0 Å². The zero-order valence-corrected chi connectivity index (χ0v) is 17.0. The van der Waals surface area contributed by atoms with Gasteiger partial charge >= 0.3 is 0 Å². The van der Waals surface area contributed by atoms with Gasteiger partial charge in [0.1, 0.15) is 11.6 Å². The number of aromatic nitrogens is 1. The first-order valence-corrected chi connectivity index (χ1v) is 10.0. The summed E-state index contributed by atoms with van der Waals surface area (Å²) >= 11 is 0. The van der Waals surface area contributed by atoms with Crippen molar-refractivity contribution in [1.82, 2.24) is 15.8 Å². The summed E-state index contributed by atoms with van der Waals surface area (Å²) in [7, 11) is 0. The fraction of sp³-hybridized carbons (Fsp3) is 0.524. The van der Waals surface area contributed by atoms with Crippen LogP contribution in [-0.2, 0) is 6.42 Å². The Balaban J connectivity index is 1.52. The molecule has 1 aromatic heterocycles. The van der Waals surface area contributed by atoms with Gasteiger partial charge in [-0.2, -0.15) is 0 Å². The van der Waals surface area contributed by atoms with Crippen molar-refractivity contribution in [3.8, 4) is 0 Å². The standard InChI is InChI=1S/C21H30FN5O/c1-4-23-21(24-11-8-20-15(2)26-28-16(20)3)25-18-9-12-27(13-10-18)19-7-5-6-17(22)14-19/h5-7,14,18H,4,8-13H2,1-3H3,(H2,23,24,25). The van der Waals surface area contributed by atoms with Crippen LogP contribution >= 0.6 is 0 Å². The number of hydrogen-bond donors (Lipinski definition) is 2. The first-order valence-electron chi connectivity index (χ1n) is 10.0. The number of piperidine rings is 1. The van der Waals surface area contributed by atoms with E-state index in [1.165, 1.54) is 6.07 Å². The van der Waals surface area contributed by atoms with E-state index in [1.54, 1.807) is 12.1 Å². The highest BCUT2D eigenvalue weighted by molar-refractivity contribution is 5.80. The van der Waals surface area contributed by atoms with E-state index >= 15 is 0 Å². The highest BCUT2D eigenvalue weighted by Crippen LogP contribution is 2.20. The molecule has 1 aromatic carbocycles. The van der Waals surface area contributed by atoms with E-state index in [4.69, 9.17) is 9.52 Å². The lowest BCUT2D eigenvalue weighted by Gasteiger charge is -2.34. The Bertz CT molecular complexity index is 776. The molecule has 0 radical (unpaired) electrons. The number of benzene rings is 1. The summed E-state index contributed by atoms with van der Waals surface area (Å²) in [5, 5.41) is 10.9. The number of aliphatic imine (C=N–C) groups is 1. The van der Waals surface area contributed by atoms with Crippen molar-refractivity contribution in [1.29, 1.82) is 0 Å². The summed E-state index contributed by atoms with van der Waals surface area (Å²) in [5.41, 5.74) is 3.04. The number of aryl methyl sites for hydroxylation is 2. The second-order valence-corrected chi connectivity index (χ2v) is 7.20. The highest BCUT2D eigenvalue weighted by atomic mass is 19.1. The van der Waals surface area contributed by atoms with Gasteiger partial charge in [-0.3, -0.25) is 4.99 Å². The second-order valence-electron chi connectivity index (χ2n) is 7.20. The van der Waals surface area contributed by atoms with Crippen LogP contribution in [0.2, 0.25) is 0 Å². The lowest BCUT2D eigenvalue weighted by molar-refractivity contribution is 0.392. The minimum Gasteiger partial charge on any atom is -0.371 e. The Hall–Kier alpha value is -2.57. The minimum atomic E-state index is -0.183. The molecule has 6 nitrogen and oxygen atoms in total. The topological polar surface area (TPSA) is 65.7 Å². The molecule has 0 amide bonds. The van der Waals surface area contributed by atoms with Gasteiger partial charge in [0.05, 0.1) is 5.69 Å². The smallest absolute Gasteiger partial charge is 0.191 e. The van der Waals surface area contributed by atoms with Crippen LogP contribution in [-0.4, -0.2) is 43.3 Å². The molecule has 3 rings (SSSR count). The molecular formula is C21H30FN5O. The third-order valence-corrected chi connectivity index (χ3v) is 5.17. The summed E-state index contributed by atoms with van der Waals surface area (Å²) in [6.45, 7) is 9.27.